The van der Waals surface area contributed by atoms with Crippen molar-refractivity contribution >= 4 is 23.4 Å². The number of hydrogen-bond donors (Lipinski definition) is 0. The van der Waals surface area contributed by atoms with Gasteiger partial charge in [-0.2, -0.15) is 8.78 Å². The van der Waals surface area contributed by atoms with E-state index in [0.29, 0.717) is 21.7 Å². The maximum Gasteiger partial charge on any atom is 0.323 e. The zero-order valence-electron chi connectivity index (χ0n) is 8.74. The number of rotatable bonds is 3. The molecule has 0 fully saturated rings. The lowest BCUT2D eigenvalue weighted by atomic mass is 10.2. The first-order valence-corrected chi connectivity index (χ1v) is 6.15. The second-order valence-electron chi connectivity index (χ2n) is 3.44. The van der Waals surface area contributed by atoms with Gasteiger partial charge < -0.3 is 0 Å². The van der Waals surface area contributed by atoms with Gasteiger partial charge >= 0.3 is 5.25 Å². The Morgan fingerprint density at radius 1 is 0.882 bits per heavy atom. The van der Waals surface area contributed by atoms with Crippen LogP contribution in [0.25, 0.3) is 0 Å². The van der Waals surface area contributed by atoms with E-state index in [2.05, 4.69) is 0 Å². The van der Waals surface area contributed by atoms with E-state index in [0.717, 1.165) is 0 Å². The minimum Gasteiger partial charge on any atom is -0.188 e. The van der Waals surface area contributed by atoms with Crippen LogP contribution in [0, 0.1) is 0 Å². The van der Waals surface area contributed by atoms with Crippen molar-refractivity contribution in [3.8, 4) is 0 Å². The molecular weight excluding hydrogens is 262 g/mol. The lowest BCUT2D eigenvalue weighted by Gasteiger charge is -2.15. The van der Waals surface area contributed by atoms with Gasteiger partial charge in [-0.25, -0.2) is 0 Å². The van der Waals surface area contributed by atoms with E-state index < -0.39 is 5.25 Å². The predicted molar refractivity (Wildman–Crippen MR) is 67.6 cm³/mol. The SMILES string of the molecule is FC(F)(Sc1ccccc1)c1ccc(Cl)cc1. The van der Waals surface area contributed by atoms with Gasteiger partial charge in [0.05, 0.1) is 0 Å². The molecule has 17 heavy (non-hydrogen) atoms. The zero-order valence-corrected chi connectivity index (χ0v) is 10.3. The van der Waals surface area contributed by atoms with Crippen molar-refractivity contribution in [1.29, 1.82) is 0 Å². The Bertz CT molecular complexity index is 483. The van der Waals surface area contributed by atoms with Crippen LogP contribution in [0.1, 0.15) is 5.56 Å². The van der Waals surface area contributed by atoms with Crippen LogP contribution in [-0.2, 0) is 5.25 Å². The Hall–Kier alpha value is -1.06. The molecule has 0 unspecified atom stereocenters. The molecule has 0 heterocycles. The Morgan fingerprint density at radius 3 is 2.06 bits per heavy atom. The summed E-state index contributed by atoms with van der Waals surface area (Å²) in [6.45, 7) is 0. The smallest absolute Gasteiger partial charge is 0.188 e. The molecule has 0 saturated heterocycles. The summed E-state index contributed by atoms with van der Waals surface area (Å²) in [5.74, 6) is 0. The van der Waals surface area contributed by atoms with Crippen LogP contribution < -0.4 is 0 Å². The average Bonchev–Trinajstić information content (AvgIpc) is 2.30. The van der Waals surface area contributed by atoms with E-state index >= 15 is 0 Å². The summed E-state index contributed by atoms with van der Waals surface area (Å²) >= 11 is 6.20. The van der Waals surface area contributed by atoms with E-state index in [1.54, 1.807) is 30.3 Å². The lowest BCUT2D eigenvalue weighted by molar-refractivity contribution is 0.105. The molecule has 0 nitrogen and oxygen atoms in total. The number of alkyl halides is 2. The first-order chi connectivity index (χ1) is 8.08. The number of thioether (sulfide) groups is 1. The molecule has 0 bridgehead atoms. The van der Waals surface area contributed by atoms with Gasteiger partial charge in [0, 0.05) is 15.5 Å². The van der Waals surface area contributed by atoms with Gasteiger partial charge in [0.15, 0.2) is 0 Å². The zero-order chi connectivity index (χ0) is 12.3. The van der Waals surface area contributed by atoms with E-state index in [1.807, 2.05) is 0 Å². The highest BCUT2D eigenvalue weighted by Crippen LogP contribution is 2.44. The van der Waals surface area contributed by atoms with Crippen LogP contribution in [0.2, 0.25) is 5.02 Å². The summed E-state index contributed by atoms with van der Waals surface area (Å²) in [6.07, 6.45) is 0. The second-order valence-corrected chi connectivity index (χ2v) is 5.06. The Kier molecular flexibility index (Phi) is 3.69. The molecule has 0 N–H and O–H groups in total. The van der Waals surface area contributed by atoms with Gasteiger partial charge in [-0.05, 0) is 36.0 Å². The summed E-state index contributed by atoms with van der Waals surface area (Å²) in [5.41, 5.74) is -0.0456. The fourth-order valence-electron chi connectivity index (χ4n) is 1.34. The van der Waals surface area contributed by atoms with Gasteiger partial charge in [0.25, 0.3) is 0 Å². The standard InChI is InChI=1S/C13H9ClF2S/c14-11-8-6-10(7-9-11)13(15,16)17-12-4-2-1-3-5-12/h1-9H. The monoisotopic (exact) mass is 270 g/mol. The third-order valence-electron chi connectivity index (χ3n) is 2.17. The number of halogens is 3. The van der Waals surface area contributed by atoms with Crippen LogP contribution in [0.4, 0.5) is 8.78 Å². The van der Waals surface area contributed by atoms with E-state index in [4.69, 9.17) is 11.6 Å². The third kappa shape index (κ3) is 3.20. The molecule has 0 aliphatic carbocycles. The van der Waals surface area contributed by atoms with Gasteiger partial charge in [0.1, 0.15) is 0 Å². The van der Waals surface area contributed by atoms with Gasteiger partial charge in [0.2, 0.25) is 0 Å². The maximum atomic E-state index is 13.9. The molecule has 0 amide bonds. The van der Waals surface area contributed by atoms with Crippen molar-refractivity contribution < 1.29 is 8.78 Å². The maximum absolute atomic E-state index is 13.9. The summed E-state index contributed by atoms with van der Waals surface area (Å²) in [7, 11) is 0. The number of hydrogen-bond acceptors (Lipinski definition) is 1. The van der Waals surface area contributed by atoms with E-state index in [1.165, 1.54) is 24.3 Å². The quantitative estimate of drug-likeness (QED) is 0.693. The fraction of sp³-hybridized carbons (Fsp3) is 0.0769. The normalized spacial score (nSPS) is 11.5. The molecule has 2 aromatic rings. The Balaban J connectivity index is 2.21. The molecule has 0 radical (unpaired) electrons. The first kappa shape index (κ1) is 12.4. The summed E-state index contributed by atoms with van der Waals surface area (Å²) in [5, 5.41) is -2.50. The molecule has 0 aromatic heterocycles. The molecule has 2 rings (SSSR count). The van der Waals surface area contributed by atoms with Crippen molar-refractivity contribution in [1.82, 2.24) is 0 Å². The Labute approximate surface area is 108 Å². The minimum atomic E-state index is -2.95. The molecule has 0 saturated carbocycles. The molecular formula is C13H9ClF2S. The van der Waals surface area contributed by atoms with Crippen LogP contribution in [0.5, 0.6) is 0 Å². The molecule has 2 aromatic carbocycles. The van der Waals surface area contributed by atoms with Crippen molar-refractivity contribution in [3.05, 3.63) is 65.2 Å². The van der Waals surface area contributed by atoms with Crippen LogP contribution >= 0.6 is 23.4 Å². The Morgan fingerprint density at radius 2 is 1.47 bits per heavy atom. The molecule has 0 aliphatic rings. The van der Waals surface area contributed by atoms with Gasteiger partial charge in [-0.1, -0.05) is 41.9 Å². The van der Waals surface area contributed by atoms with E-state index in [-0.39, 0.29) is 5.56 Å². The van der Waals surface area contributed by atoms with Crippen LogP contribution in [0.15, 0.2) is 59.5 Å². The van der Waals surface area contributed by atoms with Crippen LogP contribution in [-0.4, -0.2) is 0 Å². The van der Waals surface area contributed by atoms with Gasteiger partial charge in [-0.15, -0.1) is 0 Å². The van der Waals surface area contributed by atoms with Crippen molar-refractivity contribution in [3.63, 3.8) is 0 Å². The van der Waals surface area contributed by atoms with Gasteiger partial charge in [-0.3, -0.25) is 0 Å². The van der Waals surface area contributed by atoms with Crippen molar-refractivity contribution in [2.24, 2.45) is 0 Å². The summed E-state index contributed by atoms with van der Waals surface area (Å²) in [4.78, 5) is 0.535. The highest BCUT2D eigenvalue weighted by Gasteiger charge is 2.32. The highest BCUT2D eigenvalue weighted by molar-refractivity contribution is 8.00. The second kappa shape index (κ2) is 5.07. The van der Waals surface area contributed by atoms with Crippen molar-refractivity contribution in [2.75, 3.05) is 0 Å². The first-order valence-electron chi connectivity index (χ1n) is 4.96. The topological polar surface area (TPSA) is 0 Å². The fourth-order valence-corrected chi connectivity index (χ4v) is 2.31. The lowest BCUT2D eigenvalue weighted by Crippen LogP contribution is -2.07. The molecule has 0 atom stereocenters. The molecule has 4 heteroatoms. The summed E-state index contributed by atoms with van der Waals surface area (Å²) in [6, 6.07) is 14.2. The molecule has 0 aliphatic heterocycles. The highest BCUT2D eigenvalue weighted by atomic mass is 35.5. The third-order valence-corrected chi connectivity index (χ3v) is 3.42. The minimum absolute atomic E-state index is 0.0456. The molecule has 88 valence electrons. The predicted octanol–water partition coefficient (Wildman–Crippen LogP) is 5.18. The number of benzene rings is 2. The largest absolute Gasteiger partial charge is 0.323 e. The summed E-state index contributed by atoms with van der Waals surface area (Å²) < 4.78 is 27.8. The van der Waals surface area contributed by atoms with E-state index in [9.17, 15) is 8.78 Å². The average molecular weight is 271 g/mol. The van der Waals surface area contributed by atoms with Crippen molar-refractivity contribution in [2.45, 2.75) is 10.2 Å². The van der Waals surface area contributed by atoms with Crippen LogP contribution in [0.3, 0.4) is 0 Å². The molecule has 0 spiro atoms.